The van der Waals surface area contributed by atoms with E-state index in [0.29, 0.717) is 0 Å². The molecule has 0 unspecified atom stereocenters. The van der Waals surface area contributed by atoms with Gasteiger partial charge in [-0.25, -0.2) is 0 Å². The van der Waals surface area contributed by atoms with E-state index in [4.69, 9.17) is 4.42 Å². The van der Waals surface area contributed by atoms with E-state index < -0.39 is 0 Å². The Labute approximate surface area is 81.5 Å². The van der Waals surface area contributed by atoms with Crippen LogP contribution in [0.5, 0.6) is 0 Å². The van der Waals surface area contributed by atoms with Crippen LogP contribution in [-0.2, 0) is 6.42 Å². The van der Waals surface area contributed by atoms with E-state index in [0.717, 1.165) is 18.6 Å². The Hall–Kier alpha value is -0.980. The standard InChI is InChI=1S/C8H8O.2C2H6/c1-2-4-8-7(3-1)5-6-9-8;2*1-2/h2,4-6H,1,3H2;2*1-2H3. The molecule has 1 nitrogen and oxygen atoms in total. The predicted molar refractivity (Wildman–Crippen MR) is 58.8 cm³/mol. The first-order valence-corrected chi connectivity index (χ1v) is 5.20. The maximum atomic E-state index is 5.17. The number of hydrogen-bond acceptors (Lipinski definition) is 1. The van der Waals surface area contributed by atoms with Gasteiger partial charge in [0.15, 0.2) is 0 Å². The molecular formula is C12H20O. The van der Waals surface area contributed by atoms with E-state index in [9.17, 15) is 0 Å². The van der Waals surface area contributed by atoms with Gasteiger partial charge < -0.3 is 4.42 Å². The molecule has 13 heavy (non-hydrogen) atoms. The number of fused-ring (bicyclic) bond motifs is 1. The van der Waals surface area contributed by atoms with Crippen LogP contribution in [-0.4, -0.2) is 0 Å². The Balaban J connectivity index is 0.000000322. The topological polar surface area (TPSA) is 13.1 Å². The summed E-state index contributed by atoms with van der Waals surface area (Å²) in [6.07, 6.45) is 8.24. The molecule has 0 saturated carbocycles. The molecular weight excluding hydrogens is 160 g/mol. The van der Waals surface area contributed by atoms with Gasteiger partial charge in [0.25, 0.3) is 0 Å². The minimum atomic E-state index is 1.04. The second-order valence-corrected chi connectivity index (χ2v) is 2.25. The molecule has 0 atom stereocenters. The molecule has 0 saturated heterocycles. The van der Waals surface area contributed by atoms with Crippen molar-refractivity contribution in [2.45, 2.75) is 40.5 Å². The summed E-state index contributed by atoms with van der Waals surface area (Å²) < 4.78 is 5.17. The third kappa shape index (κ3) is 3.49. The van der Waals surface area contributed by atoms with Crippen LogP contribution >= 0.6 is 0 Å². The number of furan rings is 1. The van der Waals surface area contributed by atoms with Gasteiger partial charge in [0, 0.05) is 0 Å². The molecule has 0 bridgehead atoms. The summed E-state index contributed by atoms with van der Waals surface area (Å²) in [6.45, 7) is 8.00. The van der Waals surface area contributed by atoms with Gasteiger partial charge in [-0.1, -0.05) is 33.8 Å². The highest BCUT2D eigenvalue weighted by Gasteiger charge is 2.04. The highest BCUT2D eigenvalue weighted by atomic mass is 16.3. The second kappa shape index (κ2) is 7.66. The zero-order chi connectivity index (χ0) is 10.1. The van der Waals surface area contributed by atoms with Crippen molar-refractivity contribution in [3.63, 3.8) is 0 Å². The monoisotopic (exact) mass is 180 g/mol. The van der Waals surface area contributed by atoms with E-state index in [-0.39, 0.29) is 0 Å². The fourth-order valence-corrected chi connectivity index (χ4v) is 1.13. The number of hydrogen-bond donors (Lipinski definition) is 0. The summed E-state index contributed by atoms with van der Waals surface area (Å²) in [5.41, 5.74) is 1.34. The molecule has 0 aliphatic heterocycles. The van der Waals surface area contributed by atoms with Crippen molar-refractivity contribution in [3.8, 4) is 0 Å². The van der Waals surface area contributed by atoms with Crippen molar-refractivity contribution in [1.82, 2.24) is 0 Å². The first kappa shape index (κ1) is 12.0. The molecule has 1 heterocycles. The summed E-state index contributed by atoms with van der Waals surface area (Å²) in [5, 5.41) is 0. The summed E-state index contributed by atoms with van der Waals surface area (Å²) in [4.78, 5) is 0. The molecule has 0 aromatic carbocycles. The third-order valence-corrected chi connectivity index (χ3v) is 1.63. The molecule has 2 rings (SSSR count). The van der Waals surface area contributed by atoms with E-state index >= 15 is 0 Å². The number of rotatable bonds is 0. The van der Waals surface area contributed by atoms with Crippen molar-refractivity contribution in [2.24, 2.45) is 0 Å². The smallest absolute Gasteiger partial charge is 0.129 e. The van der Waals surface area contributed by atoms with E-state index in [1.54, 1.807) is 6.26 Å². The molecule has 1 aliphatic rings. The minimum Gasteiger partial charge on any atom is -0.465 e. The minimum absolute atomic E-state index is 1.04. The van der Waals surface area contributed by atoms with Crippen LogP contribution in [0.15, 0.2) is 22.8 Å². The lowest BCUT2D eigenvalue weighted by Crippen LogP contribution is -1.87. The Kier molecular flexibility index (Phi) is 7.08. The summed E-state index contributed by atoms with van der Waals surface area (Å²) >= 11 is 0. The van der Waals surface area contributed by atoms with E-state index in [2.05, 4.69) is 6.08 Å². The van der Waals surface area contributed by atoms with Crippen LogP contribution in [0.1, 0.15) is 45.4 Å². The number of allylic oxidation sites excluding steroid dienone is 1. The Morgan fingerprint density at radius 1 is 1.15 bits per heavy atom. The van der Waals surface area contributed by atoms with Crippen LogP contribution in [0.25, 0.3) is 6.08 Å². The number of aryl methyl sites for hydroxylation is 1. The van der Waals surface area contributed by atoms with Gasteiger partial charge in [0.2, 0.25) is 0 Å². The van der Waals surface area contributed by atoms with Crippen molar-refractivity contribution in [1.29, 1.82) is 0 Å². The van der Waals surface area contributed by atoms with Gasteiger partial charge in [0.1, 0.15) is 5.76 Å². The summed E-state index contributed by atoms with van der Waals surface area (Å²) in [5.74, 6) is 1.04. The molecule has 0 N–H and O–H groups in total. The van der Waals surface area contributed by atoms with Gasteiger partial charge in [-0.3, -0.25) is 0 Å². The zero-order valence-electron chi connectivity index (χ0n) is 9.13. The van der Waals surface area contributed by atoms with Crippen molar-refractivity contribution in [2.75, 3.05) is 0 Å². The van der Waals surface area contributed by atoms with Gasteiger partial charge in [-0.05, 0) is 30.5 Å². The quantitative estimate of drug-likeness (QED) is 0.580. The maximum Gasteiger partial charge on any atom is 0.129 e. The molecule has 0 fully saturated rings. The van der Waals surface area contributed by atoms with Crippen LogP contribution in [0.2, 0.25) is 0 Å². The molecule has 74 valence electrons. The zero-order valence-corrected chi connectivity index (χ0v) is 9.13. The SMILES string of the molecule is C1=Cc2occc2CC1.CC.CC. The summed E-state index contributed by atoms with van der Waals surface area (Å²) in [6, 6.07) is 2.04. The fourth-order valence-electron chi connectivity index (χ4n) is 1.13. The van der Waals surface area contributed by atoms with Gasteiger partial charge in [-0.2, -0.15) is 0 Å². The van der Waals surface area contributed by atoms with Gasteiger partial charge >= 0.3 is 0 Å². The van der Waals surface area contributed by atoms with Gasteiger partial charge in [0.05, 0.1) is 6.26 Å². The van der Waals surface area contributed by atoms with Crippen molar-refractivity contribution < 1.29 is 4.42 Å². The molecule has 1 heteroatoms. The van der Waals surface area contributed by atoms with E-state index in [1.165, 1.54) is 5.56 Å². The molecule has 0 radical (unpaired) electrons. The average Bonchev–Trinajstić information content (AvgIpc) is 2.71. The lowest BCUT2D eigenvalue weighted by atomic mass is 10.1. The van der Waals surface area contributed by atoms with Crippen LogP contribution in [0.3, 0.4) is 0 Å². The maximum absolute atomic E-state index is 5.17. The highest BCUT2D eigenvalue weighted by Crippen LogP contribution is 2.18. The van der Waals surface area contributed by atoms with Crippen LogP contribution in [0, 0.1) is 0 Å². The molecule has 0 amide bonds. The van der Waals surface area contributed by atoms with Crippen molar-refractivity contribution in [3.05, 3.63) is 29.7 Å². The first-order chi connectivity index (χ1) is 6.47. The lowest BCUT2D eigenvalue weighted by molar-refractivity contribution is 0.551. The molecule has 1 aromatic rings. The van der Waals surface area contributed by atoms with Crippen LogP contribution in [0.4, 0.5) is 0 Å². The normalized spacial score (nSPS) is 11.7. The Morgan fingerprint density at radius 2 is 1.85 bits per heavy atom. The van der Waals surface area contributed by atoms with Gasteiger partial charge in [-0.15, -0.1) is 0 Å². The molecule has 1 aliphatic carbocycles. The largest absolute Gasteiger partial charge is 0.465 e. The van der Waals surface area contributed by atoms with E-state index in [1.807, 2.05) is 39.8 Å². The Bertz CT molecular complexity index is 233. The van der Waals surface area contributed by atoms with Crippen LogP contribution < -0.4 is 0 Å². The molecule has 0 spiro atoms. The average molecular weight is 180 g/mol. The second-order valence-electron chi connectivity index (χ2n) is 2.25. The Morgan fingerprint density at radius 3 is 2.46 bits per heavy atom. The third-order valence-electron chi connectivity index (χ3n) is 1.63. The highest BCUT2D eigenvalue weighted by molar-refractivity contribution is 5.49. The fraction of sp³-hybridized carbons (Fsp3) is 0.500. The summed E-state index contributed by atoms with van der Waals surface area (Å²) in [7, 11) is 0. The van der Waals surface area contributed by atoms with Crippen molar-refractivity contribution >= 4 is 6.08 Å². The first-order valence-electron chi connectivity index (χ1n) is 5.20. The lowest BCUT2D eigenvalue weighted by Gasteiger charge is -1.99. The predicted octanol–water partition coefficient (Wildman–Crippen LogP) is 4.29. The molecule has 1 aromatic heterocycles.